The summed E-state index contributed by atoms with van der Waals surface area (Å²) in [7, 11) is 1.80. The van der Waals surface area contributed by atoms with Gasteiger partial charge in [-0.2, -0.15) is 0 Å². The number of aromatic hydroxyl groups is 1. The Morgan fingerprint density at radius 2 is 1.76 bits per heavy atom. The number of carbonyl (C=O) groups is 2. The Morgan fingerprint density at radius 3 is 2.39 bits per heavy atom. The van der Waals surface area contributed by atoms with Crippen molar-refractivity contribution in [3.05, 3.63) is 59.7 Å². The van der Waals surface area contributed by atoms with Gasteiger partial charge in [0, 0.05) is 31.7 Å². The normalized spacial score (nSPS) is 14.6. The van der Waals surface area contributed by atoms with Crippen molar-refractivity contribution < 1.29 is 24.2 Å². The molecule has 178 valence electrons. The largest absolute Gasteiger partial charge is 0.508 e. The lowest BCUT2D eigenvalue weighted by molar-refractivity contribution is -0.132. The molecule has 0 saturated carbocycles. The van der Waals surface area contributed by atoms with Crippen molar-refractivity contribution in [3.8, 4) is 11.5 Å². The van der Waals surface area contributed by atoms with Crippen molar-refractivity contribution in [2.24, 2.45) is 0 Å². The maximum atomic E-state index is 13.0. The van der Waals surface area contributed by atoms with Gasteiger partial charge in [-0.1, -0.05) is 30.3 Å². The topological polar surface area (TPSA) is 79.3 Å². The van der Waals surface area contributed by atoms with E-state index in [0.29, 0.717) is 43.9 Å². The lowest BCUT2D eigenvalue weighted by Gasteiger charge is -2.37. The van der Waals surface area contributed by atoms with Gasteiger partial charge in [0.25, 0.3) is 0 Å². The standard InChI is InChI=1S/C26H34N2O5/c1-26(2,3)33-25(31)28-14-12-21(13-15-28)27(4)24(30)17-20-16-22(29)10-11-23(20)32-18-19-8-6-5-7-9-19/h5-11,16,21,29H,12-15,17-18H2,1-4H3. The highest BCUT2D eigenvalue weighted by molar-refractivity contribution is 5.80. The number of likely N-dealkylation sites (tertiary alicyclic amines) is 1. The van der Waals surface area contributed by atoms with E-state index in [0.717, 1.165) is 5.56 Å². The molecule has 1 saturated heterocycles. The van der Waals surface area contributed by atoms with Gasteiger partial charge < -0.3 is 24.4 Å². The maximum absolute atomic E-state index is 13.0. The Bertz CT molecular complexity index is 947. The molecular formula is C26H34N2O5. The first kappa shape index (κ1) is 24.4. The third kappa shape index (κ3) is 7.14. The van der Waals surface area contributed by atoms with E-state index in [1.54, 1.807) is 35.0 Å². The molecule has 1 heterocycles. The molecular weight excluding hydrogens is 420 g/mol. The Labute approximate surface area is 195 Å². The number of likely N-dealkylation sites (N-methyl/N-ethyl adjacent to an activating group) is 1. The molecule has 33 heavy (non-hydrogen) atoms. The smallest absolute Gasteiger partial charge is 0.410 e. The van der Waals surface area contributed by atoms with Gasteiger partial charge >= 0.3 is 6.09 Å². The molecule has 3 rings (SSSR count). The molecule has 0 spiro atoms. The van der Waals surface area contributed by atoms with E-state index < -0.39 is 5.60 Å². The molecule has 0 unspecified atom stereocenters. The predicted octanol–water partition coefficient (Wildman–Crippen LogP) is 4.37. The Hall–Kier alpha value is -3.22. The van der Waals surface area contributed by atoms with Crippen LogP contribution < -0.4 is 4.74 Å². The highest BCUT2D eigenvalue weighted by Gasteiger charge is 2.30. The number of amides is 2. The molecule has 0 aliphatic carbocycles. The zero-order valence-electron chi connectivity index (χ0n) is 19.9. The van der Waals surface area contributed by atoms with Crippen LogP contribution in [0, 0.1) is 0 Å². The Kier molecular flexibility index (Phi) is 7.84. The number of piperidine rings is 1. The molecule has 1 aliphatic heterocycles. The Morgan fingerprint density at radius 1 is 1.09 bits per heavy atom. The van der Waals surface area contributed by atoms with Gasteiger partial charge in [-0.05, 0) is 57.4 Å². The molecule has 2 aromatic carbocycles. The lowest BCUT2D eigenvalue weighted by Crippen LogP contribution is -2.48. The summed E-state index contributed by atoms with van der Waals surface area (Å²) in [4.78, 5) is 28.8. The minimum atomic E-state index is -0.526. The number of phenolic OH excluding ortho intramolecular Hbond substituents is 1. The van der Waals surface area contributed by atoms with Crippen LogP contribution in [0.2, 0.25) is 0 Å². The third-order valence-electron chi connectivity index (χ3n) is 5.68. The number of rotatable bonds is 6. The van der Waals surface area contributed by atoms with Gasteiger partial charge in [0.05, 0.1) is 6.42 Å². The number of hydrogen-bond donors (Lipinski definition) is 1. The van der Waals surface area contributed by atoms with Crippen LogP contribution in [0.1, 0.15) is 44.7 Å². The molecule has 7 heteroatoms. The van der Waals surface area contributed by atoms with Crippen molar-refractivity contribution in [1.82, 2.24) is 9.80 Å². The first-order valence-electron chi connectivity index (χ1n) is 11.3. The van der Waals surface area contributed by atoms with Crippen LogP contribution in [0.15, 0.2) is 48.5 Å². The minimum absolute atomic E-state index is 0.0437. The average molecular weight is 455 g/mol. The van der Waals surface area contributed by atoms with Crippen LogP contribution in [-0.4, -0.2) is 58.7 Å². The van der Waals surface area contributed by atoms with Crippen LogP contribution in [0.5, 0.6) is 11.5 Å². The van der Waals surface area contributed by atoms with E-state index in [2.05, 4.69) is 0 Å². The summed E-state index contributed by atoms with van der Waals surface area (Å²) in [5, 5.41) is 9.95. The van der Waals surface area contributed by atoms with Crippen LogP contribution >= 0.6 is 0 Å². The van der Waals surface area contributed by atoms with Gasteiger partial charge in [0.1, 0.15) is 23.7 Å². The molecule has 1 aliphatic rings. The fourth-order valence-corrected chi connectivity index (χ4v) is 3.83. The summed E-state index contributed by atoms with van der Waals surface area (Å²) in [5.41, 5.74) is 1.15. The van der Waals surface area contributed by atoms with E-state index >= 15 is 0 Å². The molecule has 0 bridgehead atoms. The van der Waals surface area contributed by atoms with Crippen LogP contribution in [0.4, 0.5) is 4.79 Å². The predicted molar refractivity (Wildman–Crippen MR) is 126 cm³/mol. The van der Waals surface area contributed by atoms with E-state index in [9.17, 15) is 14.7 Å². The van der Waals surface area contributed by atoms with E-state index in [4.69, 9.17) is 9.47 Å². The zero-order valence-corrected chi connectivity index (χ0v) is 19.9. The second-order valence-corrected chi connectivity index (χ2v) is 9.45. The van der Waals surface area contributed by atoms with Crippen LogP contribution in [0.25, 0.3) is 0 Å². The summed E-state index contributed by atoms with van der Waals surface area (Å²) in [6.07, 6.45) is 1.20. The highest BCUT2D eigenvalue weighted by atomic mass is 16.6. The fraction of sp³-hybridized carbons (Fsp3) is 0.462. The highest BCUT2D eigenvalue weighted by Crippen LogP contribution is 2.26. The number of hydrogen-bond acceptors (Lipinski definition) is 5. The average Bonchev–Trinajstić information content (AvgIpc) is 2.77. The third-order valence-corrected chi connectivity index (χ3v) is 5.68. The monoisotopic (exact) mass is 454 g/mol. The van der Waals surface area contributed by atoms with Crippen molar-refractivity contribution in [1.29, 1.82) is 0 Å². The molecule has 2 aromatic rings. The summed E-state index contributed by atoms with van der Waals surface area (Å²) in [6.45, 7) is 7.03. The summed E-state index contributed by atoms with van der Waals surface area (Å²) < 4.78 is 11.4. The zero-order chi connectivity index (χ0) is 24.0. The van der Waals surface area contributed by atoms with E-state index in [1.165, 1.54) is 0 Å². The fourth-order valence-electron chi connectivity index (χ4n) is 3.83. The number of benzene rings is 2. The first-order valence-corrected chi connectivity index (χ1v) is 11.3. The lowest BCUT2D eigenvalue weighted by atomic mass is 10.0. The first-order chi connectivity index (χ1) is 15.6. The van der Waals surface area contributed by atoms with E-state index in [-0.39, 0.29) is 30.2 Å². The molecule has 0 atom stereocenters. The number of nitrogens with zero attached hydrogens (tertiary/aromatic N) is 2. The second kappa shape index (κ2) is 10.6. The van der Waals surface area contributed by atoms with Crippen molar-refractivity contribution in [3.63, 3.8) is 0 Å². The van der Waals surface area contributed by atoms with Gasteiger partial charge in [-0.25, -0.2) is 4.79 Å². The van der Waals surface area contributed by atoms with Crippen molar-refractivity contribution >= 4 is 12.0 Å². The van der Waals surface area contributed by atoms with Crippen LogP contribution in [0.3, 0.4) is 0 Å². The SMILES string of the molecule is CN(C(=O)Cc1cc(O)ccc1OCc1ccccc1)C1CCN(C(=O)OC(C)(C)C)CC1. The molecule has 0 aromatic heterocycles. The summed E-state index contributed by atoms with van der Waals surface area (Å²) >= 11 is 0. The maximum Gasteiger partial charge on any atom is 0.410 e. The van der Waals surface area contributed by atoms with Gasteiger partial charge in [-0.15, -0.1) is 0 Å². The second-order valence-electron chi connectivity index (χ2n) is 9.45. The van der Waals surface area contributed by atoms with Gasteiger partial charge in [0.2, 0.25) is 5.91 Å². The molecule has 1 fully saturated rings. The quantitative estimate of drug-likeness (QED) is 0.701. The molecule has 7 nitrogen and oxygen atoms in total. The Balaban J connectivity index is 1.57. The minimum Gasteiger partial charge on any atom is -0.508 e. The van der Waals surface area contributed by atoms with Gasteiger partial charge in [0.15, 0.2) is 0 Å². The molecule has 0 radical (unpaired) electrons. The number of phenols is 1. The summed E-state index contributed by atoms with van der Waals surface area (Å²) in [5.74, 6) is 0.622. The summed E-state index contributed by atoms with van der Waals surface area (Å²) in [6, 6.07) is 14.7. The van der Waals surface area contributed by atoms with Crippen LogP contribution in [-0.2, 0) is 22.6 Å². The van der Waals surface area contributed by atoms with E-state index in [1.807, 2.05) is 51.1 Å². The van der Waals surface area contributed by atoms with Gasteiger partial charge in [-0.3, -0.25) is 4.79 Å². The number of carbonyl (C=O) groups excluding carboxylic acids is 2. The molecule has 2 amide bonds. The molecule has 1 N–H and O–H groups in total. The van der Waals surface area contributed by atoms with Crippen molar-refractivity contribution in [2.75, 3.05) is 20.1 Å². The van der Waals surface area contributed by atoms with Crippen molar-refractivity contribution in [2.45, 2.75) is 58.3 Å². The number of ether oxygens (including phenoxy) is 2.